The van der Waals surface area contributed by atoms with Gasteiger partial charge in [-0.2, -0.15) is 0 Å². The van der Waals surface area contributed by atoms with E-state index in [4.69, 9.17) is 4.74 Å². The van der Waals surface area contributed by atoms with Crippen LogP contribution in [0.15, 0.2) is 96.8 Å². The van der Waals surface area contributed by atoms with Gasteiger partial charge in [-0.25, -0.2) is 0 Å². The number of imide groups is 1. The summed E-state index contributed by atoms with van der Waals surface area (Å²) in [5.41, 5.74) is 2.64. The summed E-state index contributed by atoms with van der Waals surface area (Å²) in [6, 6.07) is 26.5. The summed E-state index contributed by atoms with van der Waals surface area (Å²) in [6.07, 6.45) is 2.56. The van der Waals surface area contributed by atoms with Crippen LogP contribution in [0.25, 0.3) is 16.3 Å². The second-order valence-electron chi connectivity index (χ2n) is 8.29. The van der Waals surface area contributed by atoms with Crippen molar-refractivity contribution in [1.82, 2.24) is 9.88 Å². The van der Waals surface area contributed by atoms with Gasteiger partial charge in [0.15, 0.2) is 0 Å². The summed E-state index contributed by atoms with van der Waals surface area (Å²) in [4.78, 5) is 32.7. The average Bonchev–Trinajstić information content (AvgIpc) is 3.13. The number of ether oxygens (including phenoxy) is 1. The van der Waals surface area contributed by atoms with Crippen molar-refractivity contribution in [2.45, 2.75) is 19.9 Å². The van der Waals surface area contributed by atoms with Crippen molar-refractivity contribution in [1.29, 1.82) is 0 Å². The fraction of sp³-hybridized carbons (Fsp3) is 0.138. The molecule has 6 heteroatoms. The zero-order valence-electron chi connectivity index (χ0n) is 19.4. The van der Waals surface area contributed by atoms with Crippen LogP contribution in [0.2, 0.25) is 0 Å². The van der Waals surface area contributed by atoms with Gasteiger partial charge in [0.2, 0.25) is 0 Å². The Bertz CT molecular complexity index is 1410. The molecular formula is C29H25N3O3. The van der Waals surface area contributed by atoms with Gasteiger partial charge in [0.05, 0.1) is 24.4 Å². The average molecular weight is 464 g/mol. The third-order valence-corrected chi connectivity index (χ3v) is 5.88. The monoisotopic (exact) mass is 463 g/mol. The zero-order valence-corrected chi connectivity index (χ0v) is 19.4. The molecule has 174 valence electrons. The van der Waals surface area contributed by atoms with Crippen molar-refractivity contribution >= 4 is 33.8 Å². The molecule has 0 saturated carbocycles. The number of anilines is 1. The number of carbonyl (C=O) groups excluding carboxylic acids is 2. The molecule has 1 aliphatic heterocycles. The van der Waals surface area contributed by atoms with Crippen LogP contribution in [0.3, 0.4) is 0 Å². The van der Waals surface area contributed by atoms with E-state index in [0.717, 1.165) is 28.6 Å². The Morgan fingerprint density at radius 2 is 1.63 bits per heavy atom. The molecule has 0 radical (unpaired) electrons. The first kappa shape index (κ1) is 22.3. The molecule has 35 heavy (non-hydrogen) atoms. The normalized spacial score (nSPS) is 13.6. The van der Waals surface area contributed by atoms with Gasteiger partial charge in [0.1, 0.15) is 11.4 Å². The largest absolute Gasteiger partial charge is 0.494 e. The Morgan fingerprint density at radius 1 is 0.857 bits per heavy atom. The molecule has 5 rings (SSSR count). The van der Waals surface area contributed by atoms with Crippen LogP contribution in [0.4, 0.5) is 5.69 Å². The molecule has 0 spiro atoms. The Hall–Kier alpha value is -4.45. The minimum Gasteiger partial charge on any atom is -0.494 e. The summed E-state index contributed by atoms with van der Waals surface area (Å²) < 4.78 is 5.69. The zero-order chi connectivity index (χ0) is 24.2. The number of hydrogen-bond acceptors (Lipinski definition) is 5. The molecule has 0 fully saturated rings. The highest BCUT2D eigenvalue weighted by molar-refractivity contribution is 6.36. The molecule has 0 atom stereocenters. The fourth-order valence-corrected chi connectivity index (χ4v) is 4.16. The van der Waals surface area contributed by atoms with E-state index in [1.165, 1.54) is 4.90 Å². The highest BCUT2D eigenvalue weighted by atomic mass is 16.5. The first-order valence-corrected chi connectivity index (χ1v) is 11.6. The van der Waals surface area contributed by atoms with E-state index < -0.39 is 0 Å². The summed E-state index contributed by atoms with van der Waals surface area (Å²) in [5, 5.41) is 5.30. The van der Waals surface area contributed by atoms with Crippen molar-refractivity contribution in [3.05, 3.63) is 108 Å². The minimum absolute atomic E-state index is 0.0976. The van der Waals surface area contributed by atoms with E-state index in [2.05, 4.69) is 10.3 Å². The Balaban J connectivity index is 1.55. The van der Waals surface area contributed by atoms with Crippen LogP contribution in [-0.4, -0.2) is 28.3 Å². The quantitative estimate of drug-likeness (QED) is 0.354. The number of amides is 2. The van der Waals surface area contributed by atoms with Crippen molar-refractivity contribution in [2.75, 3.05) is 11.9 Å². The molecule has 6 nitrogen and oxygen atoms in total. The van der Waals surface area contributed by atoms with Crippen LogP contribution in [0, 0.1) is 0 Å². The fourth-order valence-electron chi connectivity index (χ4n) is 4.16. The number of rotatable bonds is 8. The number of nitrogens with zero attached hydrogens (tertiary/aromatic N) is 2. The van der Waals surface area contributed by atoms with Gasteiger partial charge in [0.25, 0.3) is 11.8 Å². The lowest BCUT2D eigenvalue weighted by Crippen LogP contribution is -2.32. The molecule has 0 bridgehead atoms. The Kier molecular flexibility index (Phi) is 6.26. The van der Waals surface area contributed by atoms with E-state index in [-0.39, 0.29) is 24.1 Å². The number of carbonyl (C=O) groups is 2. The molecule has 1 aliphatic rings. The summed E-state index contributed by atoms with van der Waals surface area (Å²) in [6.45, 7) is 2.76. The SMILES string of the molecule is CCCOc1ccc(C2=C(Nc3cccc4ccccc34)C(=O)N(Cc3ccccn3)C2=O)cc1. The summed E-state index contributed by atoms with van der Waals surface area (Å²) in [5.74, 6) is -0.0117. The highest BCUT2D eigenvalue weighted by Crippen LogP contribution is 2.34. The first-order valence-electron chi connectivity index (χ1n) is 11.6. The maximum Gasteiger partial charge on any atom is 0.278 e. The van der Waals surface area contributed by atoms with E-state index in [9.17, 15) is 9.59 Å². The Labute approximate surface area is 203 Å². The van der Waals surface area contributed by atoms with Crippen molar-refractivity contribution in [2.24, 2.45) is 0 Å². The molecule has 1 aromatic heterocycles. The number of pyridine rings is 1. The van der Waals surface area contributed by atoms with E-state index in [1.807, 2.05) is 79.7 Å². The van der Waals surface area contributed by atoms with Gasteiger partial charge in [-0.1, -0.05) is 61.5 Å². The molecule has 0 aliphatic carbocycles. The topological polar surface area (TPSA) is 71.5 Å². The maximum atomic E-state index is 13.6. The van der Waals surface area contributed by atoms with Gasteiger partial charge in [0, 0.05) is 17.3 Å². The van der Waals surface area contributed by atoms with Crippen molar-refractivity contribution in [3.63, 3.8) is 0 Å². The van der Waals surface area contributed by atoms with E-state index in [1.54, 1.807) is 18.3 Å². The highest BCUT2D eigenvalue weighted by Gasteiger charge is 2.39. The number of fused-ring (bicyclic) bond motifs is 1. The Morgan fingerprint density at radius 3 is 2.40 bits per heavy atom. The molecule has 3 aromatic carbocycles. The van der Waals surface area contributed by atoms with Crippen LogP contribution in [0.1, 0.15) is 24.6 Å². The predicted octanol–water partition coefficient (Wildman–Crippen LogP) is 5.42. The summed E-state index contributed by atoms with van der Waals surface area (Å²) in [7, 11) is 0. The van der Waals surface area contributed by atoms with E-state index in [0.29, 0.717) is 23.4 Å². The maximum absolute atomic E-state index is 13.6. The minimum atomic E-state index is -0.380. The summed E-state index contributed by atoms with van der Waals surface area (Å²) >= 11 is 0. The molecular weight excluding hydrogens is 438 g/mol. The van der Waals surface area contributed by atoms with Crippen molar-refractivity contribution in [3.8, 4) is 5.75 Å². The van der Waals surface area contributed by atoms with Crippen molar-refractivity contribution < 1.29 is 14.3 Å². The van der Waals surface area contributed by atoms with Gasteiger partial charge in [-0.15, -0.1) is 0 Å². The van der Waals surface area contributed by atoms with Crippen LogP contribution in [0.5, 0.6) is 5.75 Å². The van der Waals surface area contributed by atoms with Crippen LogP contribution < -0.4 is 10.1 Å². The second kappa shape index (κ2) is 9.81. The third kappa shape index (κ3) is 4.51. The lowest BCUT2D eigenvalue weighted by atomic mass is 10.0. The first-order chi connectivity index (χ1) is 17.2. The number of hydrogen-bond donors (Lipinski definition) is 1. The number of benzene rings is 3. The van der Waals surface area contributed by atoms with Gasteiger partial charge >= 0.3 is 0 Å². The third-order valence-electron chi connectivity index (χ3n) is 5.88. The standard InChI is InChI=1S/C29H25N3O3/c1-2-18-35-23-15-13-21(14-16-23)26-27(31-25-12-7-9-20-8-3-4-11-24(20)25)29(34)32(28(26)33)19-22-10-5-6-17-30-22/h3-17,31H,2,18-19H2,1H3. The predicted molar refractivity (Wildman–Crippen MR) is 137 cm³/mol. The molecule has 0 saturated heterocycles. The van der Waals surface area contributed by atoms with Crippen LogP contribution >= 0.6 is 0 Å². The molecule has 4 aromatic rings. The van der Waals surface area contributed by atoms with Gasteiger partial charge in [-0.05, 0) is 47.7 Å². The molecule has 2 amide bonds. The van der Waals surface area contributed by atoms with Gasteiger partial charge < -0.3 is 10.1 Å². The smallest absolute Gasteiger partial charge is 0.278 e. The lowest BCUT2D eigenvalue weighted by Gasteiger charge is -2.15. The number of aromatic nitrogens is 1. The van der Waals surface area contributed by atoms with Crippen LogP contribution in [-0.2, 0) is 16.1 Å². The second-order valence-corrected chi connectivity index (χ2v) is 8.29. The van der Waals surface area contributed by atoms with E-state index >= 15 is 0 Å². The molecule has 1 N–H and O–H groups in total. The molecule has 2 heterocycles. The lowest BCUT2D eigenvalue weighted by molar-refractivity contribution is -0.137. The molecule has 0 unspecified atom stereocenters. The van der Waals surface area contributed by atoms with Gasteiger partial charge in [-0.3, -0.25) is 19.5 Å². The number of nitrogens with one attached hydrogen (secondary N) is 1.